The van der Waals surface area contributed by atoms with Crippen LogP contribution in [0.5, 0.6) is 0 Å². The average Bonchev–Trinajstić information content (AvgIpc) is 3.10. The zero-order chi connectivity index (χ0) is 15.2. The smallest absolute Gasteiger partial charge is 0.225 e. The predicted molar refractivity (Wildman–Crippen MR) is 88.1 cm³/mol. The summed E-state index contributed by atoms with van der Waals surface area (Å²) in [6.45, 7) is 7.91. The Kier molecular flexibility index (Phi) is 5.84. The van der Waals surface area contributed by atoms with E-state index in [1.165, 1.54) is 11.3 Å². The van der Waals surface area contributed by atoms with Crippen LogP contribution in [-0.2, 0) is 11.3 Å². The molecule has 2 rings (SSSR count). The van der Waals surface area contributed by atoms with Crippen molar-refractivity contribution in [1.29, 1.82) is 0 Å². The standard InChI is InChI=1S/C14H20N4OS2/c1-4-18(11(3)19)14-17-12(9-21-14)8-15-7-10(2)13-16-5-6-20-13/h5-6,9-10,15H,4,7-8H2,1-3H3. The van der Waals surface area contributed by atoms with Gasteiger partial charge in [0.05, 0.1) is 10.7 Å². The maximum Gasteiger partial charge on any atom is 0.225 e. The molecule has 1 unspecified atom stereocenters. The second-order valence-corrected chi connectivity index (χ2v) is 6.55. The first kappa shape index (κ1) is 16.1. The van der Waals surface area contributed by atoms with E-state index in [1.54, 1.807) is 23.2 Å². The molecule has 2 heterocycles. The van der Waals surface area contributed by atoms with E-state index in [4.69, 9.17) is 0 Å². The number of hydrogen-bond donors (Lipinski definition) is 1. The number of carbonyl (C=O) groups excluding carboxylic acids is 1. The maximum absolute atomic E-state index is 11.5. The van der Waals surface area contributed by atoms with Crippen molar-refractivity contribution in [3.8, 4) is 0 Å². The molecule has 0 aliphatic heterocycles. The van der Waals surface area contributed by atoms with Gasteiger partial charge < -0.3 is 5.32 Å². The van der Waals surface area contributed by atoms with Gasteiger partial charge >= 0.3 is 0 Å². The molecule has 0 fully saturated rings. The summed E-state index contributed by atoms with van der Waals surface area (Å²) in [7, 11) is 0. The van der Waals surface area contributed by atoms with Crippen LogP contribution in [0, 0.1) is 0 Å². The molecule has 0 radical (unpaired) electrons. The Morgan fingerprint density at radius 1 is 1.48 bits per heavy atom. The summed E-state index contributed by atoms with van der Waals surface area (Å²) in [6, 6.07) is 0. The lowest BCUT2D eigenvalue weighted by Crippen LogP contribution is -2.27. The highest BCUT2D eigenvalue weighted by Crippen LogP contribution is 2.21. The number of nitrogens with one attached hydrogen (secondary N) is 1. The number of hydrogen-bond acceptors (Lipinski definition) is 6. The van der Waals surface area contributed by atoms with Crippen molar-refractivity contribution in [2.45, 2.75) is 33.2 Å². The summed E-state index contributed by atoms with van der Waals surface area (Å²) in [5, 5.41) is 9.32. The van der Waals surface area contributed by atoms with Crippen molar-refractivity contribution in [1.82, 2.24) is 15.3 Å². The number of thiazole rings is 2. The molecule has 1 atom stereocenters. The molecule has 2 aromatic heterocycles. The topological polar surface area (TPSA) is 58.1 Å². The molecule has 0 saturated heterocycles. The fraction of sp³-hybridized carbons (Fsp3) is 0.500. The molecule has 1 N–H and O–H groups in total. The number of amides is 1. The molecular weight excluding hydrogens is 304 g/mol. The SMILES string of the molecule is CCN(C(C)=O)c1nc(CNCC(C)c2nccs2)cs1. The van der Waals surface area contributed by atoms with Crippen molar-refractivity contribution in [2.75, 3.05) is 18.0 Å². The van der Waals surface area contributed by atoms with Crippen LogP contribution in [0.2, 0.25) is 0 Å². The van der Waals surface area contributed by atoms with Crippen molar-refractivity contribution < 1.29 is 4.79 Å². The van der Waals surface area contributed by atoms with Crippen LogP contribution in [0.15, 0.2) is 17.0 Å². The van der Waals surface area contributed by atoms with Crippen LogP contribution in [0.25, 0.3) is 0 Å². The van der Waals surface area contributed by atoms with Crippen molar-refractivity contribution in [2.24, 2.45) is 0 Å². The maximum atomic E-state index is 11.5. The van der Waals surface area contributed by atoms with E-state index in [1.807, 2.05) is 23.9 Å². The van der Waals surface area contributed by atoms with Gasteiger partial charge in [0, 0.05) is 49.4 Å². The fourth-order valence-corrected chi connectivity index (χ4v) is 3.61. The van der Waals surface area contributed by atoms with Crippen molar-refractivity contribution in [3.05, 3.63) is 27.7 Å². The van der Waals surface area contributed by atoms with Crippen molar-refractivity contribution in [3.63, 3.8) is 0 Å². The second kappa shape index (κ2) is 7.63. The zero-order valence-corrected chi connectivity index (χ0v) is 14.1. The van der Waals surface area contributed by atoms with Crippen LogP contribution >= 0.6 is 22.7 Å². The fourth-order valence-electron chi connectivity index (χ4n) is 1.98. The molecule has 7 heteroatoms. The number of anilines is 1. The van der Waals surface area contributed by atoms with Crippen LogP contribution in [0.1, 0.15) is 37.4 Å². The minimum Gasteiger partial charge on any atom is -0.310 e. The van der Waals surface area contributed by atoms with E-state index in [0.717, 1.165) is 22.4 Å². The number of rotatable bonds is 7. The number of aromatic nitrogens is 2. The van der Waals surface area contributed by atoms with Gasteiger partial charge in [-0.25, -0.2) is 9.97 Å². The van der Waals surface area contributed by atoms with Gasteiger partial charge in [-0.1, -0.05) is 6.92 Å². The Morgan fingerprint density at radius 3 is 2.90 bits per heavy atom. The highest BCUT2D eigenvalue weighted by Gasteiger charge is 2.13. The summed E-state index contributed by atoms with van der Waals surface area (Å²) in [6.07, 6.45) is 1.84. The normalized spacial score (nSPS) is 12.3. The second-order valence-electron chi connectivity index (χ2n) is 4.79. The largest absolute Gasteiger partial charge is 0.310 e. The quantitative estimate of drug-likeness (QED) is 0.851. The molecule has 21 heavy (non-hydrogen) atoms. The highest BCUT2D eigenvalue weighted by molar-refractivity contribution is 7.14. The molecule has 2 aromatic rings. The third kappa shape index (κ3) is 4.33. The van der Waals surface area contributed by atoms with Crippen molar-refractivity contribution >= 4 is 33.7 Å². The number of carbonyl (C=O) groups is 1. The monoisotopic (exact) mass is 324 g/mol. The lowest BCUT2D eigenvalue weighted by Gasteiger charge is -2.14. The highest BCUT2D eigenvalue weighted by atomic mass is 32.1. The lowest BCUT2D eigenvalue weighted by atomic mass is 10.2. The summed E-state index contributed by atoms with van der Waals surface area (Å²) in [5.41, 5.74) is 0.973. The molecule has 114 valence electrons. The molecule has 1 amide bonds. The van der Waals surface area contributed by atoms with E-state index in [-0.39, 0.29) is 5.91 Å². The van der Waals surface area contributed by atoms with E-state index in [9.17, 15) is 4.79 Å². The van der Waals surface area contributed by atoms with Gasteiger partial charge in [0.1, 0.15) is 0 Å². The number of nitrogens with zero attached hydrogens (tertiary/aromatic N) is 3. The van der Waals surface area contributed by atoms with Crippen LogP contribution in [0.4, 0.5) is 5.13 Å². The molecule has 0 aliphatic carbocycles. The summed E-state index contributed by atoms with van der Waals surface area (Å²) in [4.78, 5) is 22.0. The first-order valence-corrected chi connectivity index (χ1v) is 8.70. The van der Waals surface area contributed by atoms with Gasteiger partial charge in [-0.2, -0.15) is 0 Å². The Bertz CT molecular complexity index is 567. The zero-order valence-electron chi connectivity index (χ0n) is 12.5. The minimum atomic E-state index is 0.0313. The first-order chi connectivity index (χ1) is 10.1. The van der Waals surface area contributed by atoms with E-state index < -0.39 is 0 Å². The first-order valence-electron chi connectivity index (χ1n) is 6.94. The van der Waals surface area contributed by atoms with Crippen LogP contribution in [0.3, 0.4) is 0 Å². The molecule has 0 aliphatic rings. The Labute approximate surface area is 133 Å². The summed E-state index contributed by atoms with van der Waals surface area (Å²) >= 11 is 3.19. The third-order valence-electron chi connectivity index (χ3n) is 3.10. The molecular formula is C14H20N4OS2. The van der Waals surface area contributed by atoms with E-state index >= 15 is 0 Å². The molecule has 0 spiro atoms. The Hall–Kier alpha value is -1.31. The van der Waals surface area contributed by atoms with Crippen LogP contribution < -0.4 is 10.2 Å². The average molecular weight is 324 g/mol. The van der Waals surface area contributed by atoms with Gasteiger partial charge in [-0.15, -0.1) is 22.7 Å². The molecule has 0 aromatic carbocycles. The summed E-state index contributed by atoms with van der Waals surface area (Å²) < 4.78 is 0. The lowest BCUT2D eigenvalue weighted by molar-refractivity contribution is -0.116. The van der Waals surface area contributed by atoms with E-state index in [0.29, 0.717) is 19.0 Å². The Balaban J connectivity index is 1.84. The summed E-state index contributed by atoms with van der Waals surface area (Å²) in [5.74, 6) is 0.427. The minimum absolute atomic E-state index is 0.0313. The molecule has 5 nitrogen and oxygen atoms in total. The Morgan fingerprint density at radius 2 is 2.29 bits per heavy atom. The molecule has 0 bridgehead atoms. The van der Waals surface area contributed by atoms with Gasteiger partial charge in [0.2, 0.25) is 5.91 Å². The molecule has 0 saturated carbocycles. The van der Waals surface area contributed by atoms with E-state index in [2.05, 4.69) is 22.2 Å². The van der Waals surface area contributed by atoms with Gasteiger partial charge in [0.25, 0.3) is 0 Å². The van der Waals surface area contributed by atoms with Crippen LogP contribution in [-0.4, -0.2) is 29.0 Å². The third-order valence-corrected chi connectivity index (χ3v) is 5.02. The van der Waals surface area contributed by atoms with Gasteiger partial charge in [0.15, 0.2) is 5.13 Å². The predicted octanol–water partition coefficient (Wildman–Crippen LogP) is 2.87. The van der Waals surface area contributed by atoms with Gasteiger partial charge in [-0.3, -0.25) is 9.69 Å². The van der Waals surface area contributed by atoms with Gasteiger partial charge in [-0.05, 0) is 6.92 Å².